The number of hydrogen-bond donors (Lipinski definition) is 0. The molecule has 4 heteroatoms. The lowest BCUT2D eigenvalue weighted by Gasteiger charge is -2.18. The summed E-state index contributed by atoms with van der Waals surface area (Å²) in [4.78, 5) is 14.0. The Morgan fingerprint density at radius 3 is 2.76 bits per heavy atom. The number of para-hydroxylation sites is 1. The molecule has 1 aliphatic heterocycles. The molecule has 1 atom stereocenters. The van der Waals surface area contributed by atoms with Gasteiger partial charge in [-0.2, -0.15) is 5.26 Å². The lowest BCUT2D eigenvalue weighted by molar-refractivity contribution is -0.132. The van der Waals surface area contributed by atoms with Gasteiger partial charge in [-0.15, -0.1) is 0 Å². The number of nitriles is 1. The molecule has 0 aromatic heterocycles. The minimum Gasteiger partial charge on any atom is -0.493 e. The third-order valence-corrected chi connectivity index (χ3v) is 3.86. The smallest absolute Gasteiger partial charge is 0.239 e. The molecule has 1 aromatic carbocycles. The van der Waals surface area contributed by atoms with Gasteiger partial charge in [0.05, 0.1) is 12.7 Å². The van der Waals surface area contributed by atoms with Gasteiger partial charge in [0.2, 0.25) is 5.91 Å². The van der Waals surface area contributed by atoms with E-state index < -0.39 is 5.92 Å². The fourth-order valence-corrected chi connectivity index (χ4v) is 2.59. The monoisotopic (exact) mass is 286 g/mol. The number of ether oxygens (including phenoxy) is 1. The average molecular weight is 286 g/mol. The number of aryl methyl sites for hydroxylation is 1. The summed E-state index contributed by atoms with van der Waals surface area (Å²) in [5.41, 5.74) is 1.10. The largest absolute Gasteiger partial charge is 0.493 e. The predicted octanol–water partition coefficient (Wildman–Crippen LogP) is 2.92. The maximum Gasteiger partial charge on any atom is 0.239 e. The Balaban J connectivity index is 1.75. The molecule has 2 rings (SSSR count). The molecule has 21 heavy (non-hydrogen) atoms. The molecule has 1 heterocycles. The molecule has 4 nitrogen and oxygen atoms in total. The van der Waals surface area contributed by atoms with Crippen LogP contribution in [-0.4, -0.2) is 30.5 Å². The third-order valence-electron chi connectivity index (χ3n) is 3.86. The Kier molecular flexibility index (Phi) is 5.62. The van der Waals surface area contributed by atoms with E-state index in [0.717, 1.165) is 37.2 Å². The second-order valence-electron chi connectivity index (χ2n) is 5.47. The molecule has 1 amide bonds. The minimum absolute atomic E-state index is 0.00843. The number of amides is 1. The van der Waals surface area contributed by atoms with Crippen LogP contribution in [0, 0.1) is 24.2 Å². The van der Waals surface area contributed by atoms with Gasteiger partial charge in [0.1, 0.15) is 11.7 Å². The Bertz CT molecular complexity index is 516. The van der Waals surface area contributed by atoms with Crippen LogP contribution >= 0.6 is 0 Å². The standard InChI is InChI=1S/C17H22N2O2/c1-14-7-2-3-9-16(14)21-12-6-8-15(13-18)17(20)19-10-4-5-11-19/h2-3,7,9,15H,4-6,8,10-12H2,1H3. The van der Waals surface area contributed by atoms with Crippen LogP contribution in [0.25, 0.3) is 0 Å². The van der Waals surface area contributed by atoms with E-state index in [-0.39, 0.29) is 5.91 Å². The molecule has 0 aliphatic carbocycles. The Morgan fingerprint density at radius 1 is 1.38 bits per heavy atom. The molecular weight excluding hydrogens is 264 g/mol. The van der Waals surface area contributed by atoms with Gasteiger partial charge in [-0.1, -0.05) is 18.2 Å². The van der Waals surface area contributed by atoms with Crippen molar-refractivity contribution in [1.82, 2.24) is 4.90 Å². The zero-order chi connectivity index (χ0) is 15.1. The third kappa shape index (κ3) is 4.22. The van der Waals surface area contributed by atoms with Crippen molar-refractivity contribution in [2.75, 3.05) is 19.7 Å². The summed E-state index contributed by atoms with van der Waals surface area (Å²) < 4.78 is 5.70. The van der Waals surface area contributed by atoms with Crippen LogP contribution in [0.3, 0.4) is 0 Å². The van der Waals surface area contributed by atoms with Crippen LogP contribution in [0.5, 0.6) is 5.75 Å². The normalized spacial score (nSPS) is 15.5. The lowest BCUT2D eigenvalue weighted by atomic mass is 10.0. The van der Waals surface area contributed by atoms with Gasteiger partial charge >= 0.3 is 0 Å². The van der Waals surface area contributed by atoms with Crippen molar-refractivity contribution in [3.63, 3.8) is 0 Å². The first-order valence-electron chi connectivity index (χ1n) is 7.59. The maximum atomic E-state index is 12.2. The van der Waals surface area contributed by atoms with Crippen LogP contribution in [0.2, 0.25) is 0 Å². The fourth-order valence-electron chi connectivity index (χ4n) is 2.59. The molecule has 0 saturated carbocycles. The number of carbonyl (C=O) groups is 1. The molecule has 0 radical (unpaired) electrons. The molecule has 1 aliphatic rings. The van der Waals surface area contributed by atoms with Gasteiger partial charge in [-0.05, 0) is 44.2 Å². The Morgan fingerprint density at radius 2 is 2.10 bits per heavy atom. The van der Waals surface area contributed by atoms with Gasteiger partial charge < -0.3 is 9.64 Å². The first-order valence-corrected chi connectivity index (χ1v) is 7.59. The van der Waals surface area contributed by atoms with Gasteiger partial charge in [0, 0.05) is 13.1 Å². The summed E-state index contributed by atoms with van der Waals surface area (Å²) in [7, 11) is 0. The Hall–Kier alpha value is -2.02. The van der Waals surface area contributed by atoms with Crippen LogP contribution in [-0.2, 0) is 4.79 Å². The summed E-state index contributed by atoms with van der Waals surface area (Å²) in [6.07, 6.45) is 3.39. The van der Waals surface area contributed by atoms with E-state index in [2.05, 4.69) is 6.07 Å². The van der Waals surface area contributed by atoms with Gasteiger partial charge in [0.25, 0.3) is 0 Å². The fraction of sp³-hybridized carbons (Fsp3) is 0.529. The van der Waals surface area contributed by atoms with Gasteiger partial charge in [0.15, 0.2) is 0 Å². The highest BCUT2D eigenvalue weighted by Gasteiger charge is 2.25. The van der Waals surface area contributed by atoms with Crippen molar-refractivity contribution >= 4 is 5.91 Å². The molecule has 1 fully saturated rings. The Labute approximate surface area is 126 Å². The highest BCUT2D eigenvalue weighted by Crippen LogP contribution is 2.18. The van der Waals surface area contributed by atoms with E-state index in [1.54, 1.807) is 0 Å². The van der Waals surface area contributed by atoms with Crippen LogP contribution < -0.4 is 4.74 Å². The molecule has 0 N–H and O–H groups in total. The van der Waals surface area contributed by atoms with Crippen molar-refractivity contribution < 1.29 is 9.53 Å². The van der Waals surface area contributed by atoms with Crippen molar-refractivity contribution in [2.24, 2.45) is 5.92 Å². The number of rotatable bonds is 6. The van der Waals surface area contributed by atoms with Crippen molar-refractivity contribution in [1.29, 1.82) is 5.26 Å². The molecule has 1 unspecified atom stereocenters. The topological polar surface area (TPSA) is 53.3 Å². The molecule has 1 saturated heterocycles. The van der Waals surface area contributed by atoms with Gasteiger partial charge in [-0.3, -0.25) is 4.79 Å². The highest BCUT2D eigenvalue weighted by molar-refractivity contribution is 5.81. The van der Waals surface area contributed by atoms with E-state index in [0.29, 0.717) is 19.4 Å². The SMILES string of the molecule is Cc1ccccc1OCCCC(C#N)C(=O)N1CCCC1. The highest BCUT2D eigenvalue weighted by atomic mass is 16.5. The summed E-state index contributed by atoms with van der Waals surface area (Å²) in [6.45, 7) is 4.15. The maximum absolute atomic E-state index is 12.2. The first-order chi connectivity index (χ1) is 10.2. The molecular formula is C17H22N2O2. The molecule has 0 spiro atoms. The van der Waals surface area contributed by atoms with Crippen molar-refractivity contribution in [2.45, 2.75) is 32.6 Å². The molecule has 0 bridgehead atoms. The summed E-state index contributed by atoms with van der Waals surface area (Å²) in [6, 6.07) is 10.00. The van der Waals surface area contributed by atoms with Crippen LogP contribution in [0.1, 0.15) is 31.2 Å². The van der Waals surface area contributed by atoms with Crippen LogP contribution in [0.15, 0.2) is 24.3 Å². The molecule has 112 valence electrons. The predicted molar refractivity (Wildman–Crippen MR) is 80.8 cm³/mol. The van der Waals surface area contributed by atoms with E-state index in [9.17, 15) is 10.1 Å². The summed E-state index contributed by atoms with van der Waals surface area (Å²) >= 11 is 0. The average Bonchev–Trinajstić information content (AvgIpc) is 3.03. The van der Waals surface area contributed by atoms with E-state index in [1.165, 1.54) is 0 Å². The van der Waals surface area contributed by atoms with Gasteiger partial charge in [-0.25, -0.2) is 0 Å². The summed E-state index contributed by atoms with van der Waals surface area (Å²) in [5, 5.41) is 9.18. The second kappa shape index (κ2) is 7.68. The quantitative estimate of drug-likeness (QED) is 0.756. The van der Waals surface area contributed by atoms with E-state index in [4.69, 9.17) is 4.74 Å². The second-order valence-corrected chi connectivity index (χ2v) is 5.47. The number of carbonyl (C=O) groups excluding carboxylic acids is 1. The molecule has 1 aromatic rings. The number of nitrogens with zero attached hydrogens (tertiary/aromatic N) is 2. The first kappa shape index (κ1) is 15.4. The minimum atomic E-state index is -0.524. The lowest BCUT2D eigenvalue weighted by Crippen LogP contribution is -2.33. The van der Waals surface area contributed by atoms with Crippen molar-refractivity contribution in [3.05, 3.63) is 29.8 Å². The zero-order valence-electron chi connectivity index (χ0n) is 12.5. The number of likely N-dealkylation sites (tertiary alicyclic amines) is 1. The van der Waals surface area contributed by atoms with E-state index in [1.807, 2.05) is 36.1 Å². The van der Waals surface area contributed by atoms with Crippen molar-refractivity contribution in [3.8, 4) is 11.8 Å². The zero-order valence-corrected chi connectivity index (χ0v) is 12.5. The number of hydrogen-bond acceptors (Lipinski definition) is 3. The van der Waals surface area contributed by atoms with Crippen LogP contribution in [0.4, 0.5) is 0 Å². The number of benzene rings is 1. The summed E-state index contributed by atoms with van der Waals surface area (Å²) in [5.74, 6) is 0.339. The van der Waals surface area contributed by atoms with E-state index >= 15 is 0 Å².